The highest BCUT2D eigenvalue weighted by Crippen LogP contribution is 2.34. The van der Waals surface area contributed by atoms with Gasteiger partial charge in [0.15, 0.2) is 5.65 Å². The van der Waals surface area contributed by atoms with E-state index in [4.69, 9.17) is 4.74 Å². The minimum absolute atomic E-state index is 0.0856. The van der Waals surface area contributed by atoms with E-state index in [-0.39, 0.29) is 5.56 Å². The van der Waals surface area contributed by atoms with Crippen LogP contribution in [0.3, 0.4) is 0 Å². The highest BCUT2D eigenvalue weighted by Gasteiger charge is 2.21. The van der Waals surface area contributed by atoms with E-state index in [2.05, 4.69) is 35.8 Å². The molecule has 6 rings (SSSR count). The molecule has 1 aromatic carbocycles. The van der Waals surface area contributed by atoms with E-state index in [0.717, 1.165) is 84.9 Å². The quantitative estimate of drug-likeness (QED) is 0.268. The smallest absolute Gasteiger partial charge is 0.160 e. The van der Waals surface area contributed by atoms with Crippen molar-refractivity contribution in [3.63, 3.8) is 0 Å². The molecule has 0 spiro atoms. The number of fused-ring (bicyclic) bond motifs is 1. The lowest BCUT2D eigenvalue weighted by Gasteiger charge is -2.31. The van der Waals surface area contributed by atoms with Gasteiger partial charge in [-0.3, -0.25) is 9.67 Å². The number of halogens is 2. The molecule has 0 atom stereocenters. The summed E-state index contributed by atoms with van der Waals surface area (Å²) in [4.78, 5) is 15.9. The van der Waals surface area contributed by atoms with Gasteiger partial charge in [-0.15, -0.1) is 0 Å². The molecule has 0 amide bonds. The molecular formula is C30H28F2N6O. The topological polar surface area (TPSA) is 69.0 Å². The van der Waals surface area contributed by atoms with E-state index in [1.807, 2.05) is 30.6 Å². The lowest BCUT2D eigenvalue weighted by Crippen LogP contribution is -2.36. The molecule has 5 aromatic rings. The lowest BCUT2D eigenvalue weighted by atomic mass is 9.99. The van der Waals surface area contributed by atoms with Crippen LogP contribution in [0.25, 0.3) is 44.5 Å². The van der Waals surface area contributed by atoms with Gasteiger partial charge in [0.25, 0.3) is 0 Å². The predicted molar refractivity (Wildman–Crippen MR) is 146 cm³/mol. The fourth-order valence-corrected chi connectivity index (χ4v) is 5.19. The second-order valence-corrected chi connectivity index (χ2v) is 9.79. The third-order valence-corrected chi connectivity index (χ3v) is 7.32. The molecule has 0 bridgehead atoms. The fraction of sp³-hybridized carbons (Fsp3) is 0.267. The minimum Gasteiger partial charge on any atom is -0.383 e. The van der Waals surface area contributed by atoms with Gasteiger partial charge in [0.1, 0.15) is 11.6 Å². The van der Waals surface area contributed by atoms with Gasteiger partial charge < -0.3 is 9.64 Å². The summed E-state index contributed by atoms with van der Waals surface area (Å²) in [6, 6.07) is 11.3. The van der Waals surface area contributed by atoms with Crippen molar-refractivity contribution in [1.29, 1.82) is 0 Å². The number of benzene rings is 1. The van der Waals surface area contributed by atoms with E-state index in [9.17, 15) is 8.78 Å². The normalized spacial score (nSPS) is 14.7. The van der Waals surface area contributed by atoms with Crippen molar-refractivity contribution in [3.05, 3.63) is 85.1 Å². The summed E-state index contributed by atoms with van der Waals surface area (Å²) in [5, 5.41) is 5.48. The molecule has 0 aliphatic carbocycles. The summed E-state index contributed by atoms with van der Waals surface area (Å²) >= 11 is 0. The predicted octanol–water partition coefficient (Wildman–Crippen LogP) is 5.78. The fourth-order valence-electron chi connectivity index (χ4n) is 5.19. The van der Waals surface area contributed by atoms with Crippen LogP contribution in [0.1, 0.15) is 18.9 Å². The van der Waals surface area contributed by atoms with Crippen molar-refractivity contribution >= 4 is 11.0 Å². The number of rotatable bonds is 7. The Balaban J connectivity index is 1.32. The summed E-state index contributed by atoms with van der Waals surface area (Å²) in [5.74, 6) is -1.08. The molecule has 0 radical (unpaired) electrons. The standard InChI is InChI=1S/C30H28F2N6O/c1-39-12-11-37-9-6-24(7-10-37)38-19-22(18-35-38)20-13-21(17-33-16-20)26-15-29(27-14-23(31)4-5-28(27)32)36-30-25(26)3-2-8-34-30/h2-5,8,13-19,24H,6-7,9-12H2,1H3. The van der Waals surface area contributed by atoms with Gasteiger partial charge in [-0.05, 0) is 60.9 Å². The molecule has 4 aromatic heterocycles. The van der Waals surface area contributed by atoms with Crippen molar-refractivity contribution in [3.8, 4) is 33.5 Å². The molecule has 5 heterocycles. The van der Waals surface area contributed by atoms with Crippen LogP contribution in [0.5, 0.6) is 0 Å². The molecule has 1 aliphatic heterocycles. The van der Waals surface area contributed by atoms with Gasteiger partial charge in [-0.1, -0.05) is 0 Å². The first-order valence-electron chi connectivity index (χ1n) is 13.0. The van der Waals surface area contributed by atoms with Crippen LogP contribution in [0.2, 0.25) is 0 Å². The maximum absolute atomic E-state index is 14.7. The van der Waals surface area contributed by atoms with Gasteiger partial charge in [-0.2, -0.15) is 5.10 Å². The third kappa shape index (κ3) is 5.28. The molecule has 7 nitrogen and oxygen atoms in total. The molecular weight excluding hydrogens is 498 g/mol. The zero-order valence-electron chi connectivity index (χ0n) is 21.6. The van der Waals surface area contributed by atoms with Crippen LogP contribution in [0, 0.1) is 11.6 Å². The van der Waals surface area contributed by atoms with E-state index in [1.165, 1.54) is 0 Å². The molecule has 0 unspecified atom stereocenters. The summed E-state index contributed by atoms with van der Waals surface area (Å²) in [6.07, 6.45) is 11.2. The van der Waals surface area contributed by atoms with Crippen LogP contribution in [0.4, 0.5) is 8.78 Å². The van der Waals surface area contributed by atoms with Gasteiger partial charge in [0.2, 0.25) is 0 Å². The Hall–Kier alpha value is -4.08. The van der Waals surface area contributed by atoms with E-state index in [0.29, 0.717) is 17.4 Å². The first-order chi connectivity index (χ1) is 19.1. The van der Waals surface area contributed by atoms with Crippen LogP contribution in [-0.2, 0) is 4.74 Å². The van der Waals surface area contributed by atoms with Crippen molar-refractivity contribution in [2.24, 2.45) is 0 Å². The molecule has 39 heavy (non-hydrogen) atoms. The molecule has 9 heteroatoms. The number of piperidine rings is 1. The van der Waals surface area contributed by atoms with Crippen molar-refractivity contribution < 1.29 is 13.5 Å². The zero-order valence-corrected chi connectivity index (χ0v) is 21.6. The van der Waals surface area contributed by atoms with Crippen LogP contribution < -0.4 is 0 Å². The number of methoxy groups -OCH3 is 1. The Morgan fingerprint density at radius 2 is 1.79 bits per heavy atom. The van der Waals surface area contributed by atoms with Crippen molar-refractivity contribution in [2.45, 2.75) is 18.9 Å². The molecule has 1 fully saturated rings. The maximum atomic E-state index is 14.7. The summed E-state index contributed by atoms with van der Waals surface area (Å²) in [7, 11) is 1.74. The molecule has 1 aliphatic rings. The van der Waals surface area contributed by atoms with E-state index >= 15 is 0 Å². The second-order valence-electron chi connectivity index (χ2n) is 9.79. The number of aromatic nitrogens is 5. The van der Waals surface area contributed by atoms with Crippen molar-refractivity contribution in [1.82, 2.24) is 29.6 Å². The number of pyridine rings is 3. The molecule has 0 N–H and O–H groups in total. The molecule has 1 saturated heterocycles. The number of ether oxygens (including phenoxy) is 1. The molecule has 0 saturated carbocycles. The summed E-state index contributed by atoms with van der Waals surface area (Å²) in [6.45, 7) is 3.76. The van der Waals surface area contributed by atoms with E-state index in [1.54, 1.807) is 25.6 Å². The minimum atomic E-state index is -0.547. The first kappa shape index (κ1) is 25.2. The first-order valence-corrected chi connectivity index (χ1v) is 13.0. The SMILES string of the molecule is COCCN1CCC(n2cc(-c3cncc(-c4cc(-c5cc(F)ccc5F)nc5ncccc45)c3)cn2)CC1. The number of hydrogen-bond donors (Lipinski definition) is 0. The largest absolute Gasteiger partial charge is 0.383 e. The highest BCUT2D eigenvalue weighted by molar-refractivity contribution is 5.95. The van der Waals surface area contributed by atoms with Gasteiger partial charge in [-0.25, -0.2) is 18.7 Å². The van der Waals surface area contributed by atoms with Gasteiger partial charge in [0.05, 0.1) is 24.5 Å². The Morgan fingerprint density at radius 3 is 2.64 bits per heavy atom. The highest BCUT2D eigenvalue weighted by atomic mass is 19.1. The maximum Gasteiger partial charge on any atom is 0.160 e. The monoisotopic (exact) mass is 526 g/mol. The number of hydrogen-bond acceptors (Lipinski definition) is 6. The Morgan fingerprint density at radius 1 is 0.949 bits per heavy atom. The average Bonchev–Trinajstić information content (AvgIpc) is 3.48. The average molecular weight is 527 g/mol. The van der Waals surface area contributed by atoms with Crippen LogP contribution >= 0.6 is 0 Å². The summed E-state index contributed by atoms with van der Waals surface area (Å²) in [5.41, 5.74) is 4.35. The Bertz CT molecular complexity index is 1610. The van der Waals surface area contributed by atoms with Crippen molar-refractivity contribution in [2.75, 3.05) is 33.4 Å². The summed E-state index contributed by atoms with van der Waals surface area (Å²) < 4.78 is 35.9. The zero-order chi connectivity index (χ0) is 26.8. The van der Waals surface area contributed by atoms with Crippen LogP contribution in [-0.4, -0.2) is 63.0 Å². The number of likely N-dealkylation sites (tertiary alicyclic amines) is 1. The van der Waals surface area contributed by atoms with Gasteiger partial charge in [0, 0.05) is 79.2 Å². The number of nitrogens with zero attached hydrogens (tertiary/aromatic N) is 6. The Labute approximate surface area is 225 Å². The Kier molecular flexibility index (Phi) is 7.08. The lowest BCUT2D eigenvalue weighted by molar-refractivity contribution is 0.119. The second kappa shape index (κ2) is 11.0. The van der Waals surface area contributed by atoms with E-state index < -0.39 is 11.6 Å². The van der Waals surface area contributed by atoms with Crippen LogP contribution in [0.15, 0.2) is 73.4 Å². The third-order valence-electron chi connectivity index (χ3n) is 7.32. The molecule has 198 valence electrons. The van der Waals surface area contributed by atoms with Gasteiger partial charge >= 0.3 is 0 Å².